The van der Waals surface area contributed by atoms with Gasteiger partial charge in [0, 0.05) is 11.3 Å². The highest BCUT2D eigenvalue weighted by Crippen LogP contribution is 2.15. The van der Waals surface area contributed by atoms with Gasteiger partial charge in [-0.1, -0.05) is 56.7 Å². The number of amides is 3. The second kappa shape index (κ2) is 10.4. The van der Waals surface area contributed by atoms with E-state index in [4.69, 9.17) is 0 Å². The molecule has 154 valence electrons. The Hall–Kier alpha value is -3.15. The lowest BCUT2D eigenvalue weighted by Gasteiger charge is -2.21. The quantitative estimate of drug-likeness (QED) is 0.642. The molecule has 2 aromatic carbocycles. The minimum absolute atomic E-state index is 0.131. The van der Waals surface area contributed by atoms with Crippen LogP contribution in [0.3, 0.4) is 0 Å². The molecule has 0 saturated heterocycles. The van der Waals surface area contributed by atoms with E-state index in [1.807, 2.05) is 64.1 Å². The third-order valence-corrected chi connectivity index (χ3v) is 4.65. The zero-order chi connectivity index (χ0) is 21.4. The molecule has 6 heteroatoms. The van der Waals surface area contributed by atoms with Crippen molar-refractivity contribution in [1.29, 1.82) is 0 Å². The van der Waals surface area contributed by atoms with Crippen LogP contribution in [0.1, 0.15) is 42.3 Å². The molecule has 1 atom stereocenters. The summed E-state index contributed by atoms with van der Waals surface area (Å²) in [5.41, 5.74) is 3.30. The molecule has 0 radical (unpaired) electrons. The summed E-state index contributed by atoms with van der Waals surface area (Å²) >= 11 is 0. The van der Waals surface area contributed by atoms with Crippen LogP contribution in [0.15, 0.2) is 48.5 Å². The Kier molecular flexibility index (Phi) is 7.95. The van der Waals surface area contributed by atoms with Gasteiger partial charge in [-0.3, -0.25) is 14.4 Å². The van der Waals surface area contributed by atoms with Gasteiger partial charge in [-0.15, -0.1) is 0 Å². The third kappa shape index (κ3) is 6.45. The molecule has 0 saturated carbocycles. The van der Waals surface area contributed by atoms with E-state index < -0.39 is 6.04 Å². The van der Waals surface area contributed by atoms with E-state index >= 15 is 0 Å². The minimum atomic E-state index is -0.737. The molecule has 2 rings (SSSR count). The van der Waals surface area contributed by atoms with Crippen molar-refractivity contribution in [2.45, 2.75) is 40.2 Å². The summed E-state index contributed by atoms with van der Waals surface area (Å²) in [6, 6.07) is 13.9. The second-order valence-corrected chi connectivity index (χ2v) is 7.34. The highest BCUT2D eigenvalue weighted by Gasteiger charge is 2.25. The van der Waals surface area contributed by atoms with E-state index in [9.17, 15) is 14.4 Å². The maximum absolute atomic E-state index is 12.6. The number of hydrogen-bond acceptors (Lipinski definition) is 3. The lowest BCUT2D eigenvalue weighted by Crippen LogP contribution is -2.51. The van der Waals surface area contributed by atoms with Crippen molar-refractivity contribution in [3.05, 3.63) is 65.2 Å². The van der Waals surface area contributed by atoms with Crippen LogP contribution in [0.2, 0.25) is 0 Å². The monoisotopic (exact) mass is 395 g/mol. The van der Waals surface area contributed by atoms with Gasteiger partial charge >= 0.3 is 0 Å². The first kappa shape index (κ1) is 22.1. The van der Waals surface area contributed by atoms with Gasteiger partial charge in [-0.2, -0.15) is 0 Å². The molecule has 6 nitrogen and oxygen atoms in total. The normalized spacial score (nSPS) is 11.6. The fourth-order valence-corrected chi connectivity index (χ4v) is 2.89. The van der Waals surface area contributed by atoms with E-state index in [0.29, 0.717) is 5.56 Å². The number of hydrogen-bond donors (Lipinski definition) is 3. The average molecular weight is 396 g/mol. The Labute approximate surface area is 172 Å². The topological polar surface area (TPSA) is 87.3 Å². The highest BCUT2D eigenvalue weighted by atomic mass is 16.2. The van der Waals surface area contributed by atoms with Gasteiger partial charge in [-0.05, 0) is 43.0 Å². The fourth-order valence-electron chi connectivity index (χ4n) is 2.89. The highest BCUT2D eigenvalue weighted by molar-refractivity contribution is 5.99. The zero-order valence-corrected chi connectivity index (χ0v) is 17.4. The van der Waals surface area contributed by atoms with Crippen LogP contribution in [0.5, 0.6) is 0 Å². The Bertz CT molecular complexity index is 860. The molecular weight excluding hydrogens is 366 g/mol. The predicted molar refractivity (Wildman–Crippen MR) is 115 cm³/mol. The average Bonchev–Trinajstić information content (AvgIpc) is 2.70. The Balaban J connectivity index is 1.94. The van der Waals surface area contributed by atoms with Crippen molar-refractivity contribution < 1.29 is 14.4 Å². The van der Waals surface area contributed by atoms with Gasteiger partial charge in [0.2, 0.25) is 11.8 Å². The van der Waals surface area contributed by atoms with Crippen molar-refractivity contribution in [2.24, 2.45) is 5.92 Å². The van der Waals surface area contributed by atoms with Crippen molar-refractivity contribution in [3.8, 4) is 0 Å². The van der Waals surface area contributed by atoms with Crippen LogP contribution in [0.25, 0.3) is 0 Å². The van der Waals surface area contributed by atoms with Crippen LogP contribution in [-0.2, 0) is 16.0 Å². The van der Waals surface area contributed by atoms with Gasteiger partial charge in [-0.25, -0.2) is 0 Å². The van der Waals surface area contributed by atoms with Crippen LogP contribution in [0, 0.1) is 12.8 Å². The molecule has 0 fully saturated rings. The molecular formula is C23H29N3O3. The van der Waals surface area contributed by atoms with Crippen LogP contribution < -0.4 is 16.0 Å². The van der Waals surface area contributed by atoms with Gasteiger partial charge in [0.25, 0.3) is 5.91 Å². The third-order valence-electron chi connectivity index (χ3n) is 4.65. The Morgan fingerprint density at radius 2 is 1.62 bits per heavy atom. The number of benzene rings is 2. The predicted octanol–water partition coefficient (Wildman–Crippen LogP) is 3.07. The summed E-state index contributed by atoms with van der Waals surface area (Å²) in [5, 5.41) is 8.20. The van der Waals surface area contributed by atoms with Gasteiger partial charge in [0.15, 0.2) is 0 Å². The molecule has 3 amide bonds. The smallest absolute Gasteiger partial charge is 0.251 e. The van der Waals surface area contributed by atoms with E-state index in [2.05, 4.69) is 16.0 Å². The van der Waals surface area contributed by atoms with Crippen LogP contribution in [-0.4, -0.2) is 30.3 Å². The molecule has 0 aliphatic rings. The number of rotatable bonds is 8. The number of anilines is 1. The number of carbonyl (C=O) groups excluding carboxylic acids is 3. The summed E-state index contributed by atoms with van der Waals surface area (Å²) in [6.45, 7) is 7.47. The van der Waals surface area contributed by atoms with Gasteiger partial charge in [0.05, 0.1) is 6.54 Å². The first-order valence-corrected chi connectivity index (χ1v) is 9.84. The van der Waals surface area contributed by atoms with Gasteiger partial charge in [0.1, 0.15) is 6.04 Å². The van der Waals surface area contributed by atoms with Crippen molar-refractivity contribution in [3.63, 3.8) is 0 Å². The van der Waals surface area contributed by atoms with Crippen molar-refractivity contribution in [2.75, 3.05) is 11.9 Å². The molecule has 0 aliphatic carbocycles. The van der Waals surface area contributed by atoms with Crippen LogP contribution >= 0.6 is 0 Å². The first-order valence-electron chi connectivity index (χ1n) is 9.84. The van der Waals surface area contributed by atoms with E-state index in [0.717, 1.165) is 23.2 Å². The van der Waals surface area contributed by atoms with Crippen molar-refractivity contribution >= 4 is 23.4 Å². The fraction of sp³-hybridized carbons (Fsp3) is 0.348. The standard InChI is InChI=1S/C23H29N3O3/c1-5-17-8-6-7-9-19(17)25-20(27)14-24-23(29)21(15(2)3)26-22(28)18-12-10-16(4)11-13-18/h6-13,15,21H,5,14H2,1-4H3,(H,24,29)(H,25,27)(H,26,28). The Morgan fingerprint density at radius 3 is 2.24 bits per heavy atom. The largest absolute Gasteiger partial charge is 0.345 e. The number of carbonyl (C=O) groups is 3. The van der Waals surface area contributed by atoms with E-state index in [-0.39, 0.29) is 30.2 Å². The molecule has 0 spiro atoms. The molecule has 2 aromatic rings. The molecule has 29 heavy (non-hydrogen) atoms. The summed E-state index contributed by atoms with van der Waals surface area (Å²) in [7, 11) is 0. The maximum Gasteiger partial charge on any atom is 0.251 e. The molecule has 0 aliphatic heterocycles. The lowest BCUT2D eigenvalue weighted by atomic mass is 10.0. The summed E-state index contributed by atoms with van der Waals surface area (Å²) < 4.78 is 0. The number of nitrogens with one attached hydrogen (secondary N) is 3. The van der Waals surface area contributed by atoms with Gasteiger partial charge < -0.3 is 16.0 Å². The molecule has 0 bridgehead atoms. The summed E-state index contributed by atoms with van der Waals surface area (Å²) in [4.78, 5) is 37.3. The van der Waals surface area contributed by atoms with E-state index in [1.165, 1.54) is 0 Å². The number of para-hydroxylation sites is 1. The molecule has 3 N–H and O–H groups in total. The Morgan fingerprint density at radius 1 is 0.966 bits per heavy atom. The molecule has 0 aromatic heterocycles. The summed E-state index contributed by atoms with van der Waals surface area (Å²) in [6.07, 6.45) is 0.795. The summed E-state index contributed by atoms with van der Waals surface area (Å²) in [5.74, 6) is -1.15. The van der Waals surface area contributed by atoms with Crippen LogP contribution in [0.4, 0.5) is 5.69 Å². The number of aryl methyl sites for hydroxylation is 2. The molecule has 1 unspecified atom stereocenters. The second-order valence-electron chi connectivity index (χ2n) is 7.34. The maximum atomic E-state index is 12.6. The van der Waals surface area contributed by atoms with E-state index in [1.54, 1.807) is 12.1 Å². The molecule has 0 heterocycles. The first-order chi connectivity index (χ1) is 13.8. The van der Waals surface area contributed by atoms with Crippen molar-refractivity contribution in [1.82, 2.24) is 10.6 Å². The minimum Gasteiger partial charge on any atom is -0.345 e. The zero-order valence-electron chi connectivity index (χ0n) is 17.4. The lowest BCUT2D eigenvalue weighted by molar-refractivity contribution is -0.126. The SMILES string of the molecule is CCc1ccccc1NC(=O)CNC(=O)C(NC(=O)c1ccc(C)cc1)C(C)C.